The van der Waals surface area contributed by atoms with E-state index in [2.05, 4.69) is 5.32 Å². The molecule has 0 unspecified atom stereocenters. The molecular weight excluding hydrogens is 410 g/mol. The summed E-state index contributed by atoms with van der Waals surface area (Å²) >= 11 is 0. The molecule has 0 saturated carbocycles. The first-order valence-corrected chi connectivity index (χ1v) is 10.3. The lowest BCUT2D eigenvalue weighted by molar-refractivity contribution is -0.308. The Hall–Kier alpha value is -3.87. The number of carbonyl (C=O) groups is 2. The molecule has 7 heteroatoms. The number of rotatable bonds is 6. The molecule has 4 rings (SSSR count). The molecule has 0 radical (unpaired) electrons. The SMILES string of the molecule is CC[C@@H](NC(=O)Cc1c(C)c2cc3c(-c4ccc(C)cc4)coc3cc2oc1=O)C(=O)[O-]. The number of nitrogens with one attached hydrogen (secondary N) is 1. The van der Waals surface area contributed by atoms with Crippen LogP contribution in [-0.4, -0.2) is 17.9 Å². The van der Waals surface area contributed by atoms with Gasteiger partial charge in [0.1, 0.15) is 11.2 Å². The van der Waals surface area contributed by atoms with E-state index in [1.807, 2.05) is 37.3 Å². The van der Waals surface area contributed by atoms with E-state index in [9.17, 15) is 19.5 Å². The number of carboxylic acids is 1. The van der Waals surface area contributed by atoms with Crippen LogP contribution < -0.4 is 16.0 Å². The average Bonchev–Trinajstić information content (AvgIpc) is 3.17. The van der Waals surface area contributed by atoms with E-state index >= 15 is 0 Å². The highest BCUT2D eigenvalue weighted by atomic mass is 16.4. The van der Waals surface area contributed by atoms with Crippen molar-refractivity contribution < 1.29 is 23.5 Å². The van der Waals surface area contributed by atoms with E-state index in [1.165, 1.54) is 0 Å². The predicted molar refractivity (Wildman–Crippen MR) is 118 cm³/mol. The number of fused-ring (bicyclic) bond motifs is 2. The summed E-state index contributed by atoms with van der Waals surface area (Å²) in [5.74, 6) is -1.95. The van der Waals surface area contributed by atoms with E-state index in [1.54, 1.807) is 26.2 Å². The van der Waals surface area contributed by atoms with Crippen LogP contribution in [0.25, 0.3) is 33.1 Å². The van der Waals surface area contributed by atoms with Crippen molar-refractivity contribution in [3.63, 3.8) is 0 Å². The first kappa shape index (κ1) is 21.4. The highest BCUT2D eigenvalue weighted by Crippen LogP contribution is 2.34. The van der Waals surface area contributed by atoms with Crippen molar-refractivity contribution in [3.05, 3.63) is 69.8 Å². The second-order valence-electron chi connectivity index (χ2n) is 7.88. The summed E-state index contributed by atoms with van der Waals surface area (Å²) in [5, 5.41) is 15.0. The standard InChI is InChI=1S/C25H23NO6/c1-4-20(24(28)29)26-23(27)10-17-14(3)16-9-18-19(15-7-5-13(2)6-8-15)12-31-21(18)11-22(16)32-25(17)30/h5-9,11-12,20H,4,10H2,1-3H3,(H,26,27)(H,28,29)/p-1/t20-/m1/s1. The molecule has 32 heavy (non-hydrogen) atoms. The molecule has 2 aromatic heterocycles. The molecule has 164 valence electrons. The van der Waals surface area contributed by atoms with Gasteiger partial charge in [-0.2, -0.15) is 0 Å². The fourth-order valence-electron chi connectivity index (χ4n) is 3.80. The molecule has 2 heterocycles. The Labute approximate surface area is 183 Å². The predicted octanol–water partition coefficient (Wildman–Crippen LogP) is 3.01. The van der Waals surface area contributed by atoms with Crippen LogP contribution >= 0.6 is 0 Å². The van der Waals surface area contributed by atoms with Crippen molar-refractivity contribution >= 4 is 33.8 Å². The minimum Gasteiger partial charge on any atom is -0.548 e. The molecule has 0 bridgehead atoms. The van der Waals surface area contributed by atoms with E-state index in [4.69, 9.17) is 8.83 Å². The Kier molecular flexibility index (Phi) is 5.57. The minimum absolute atomic E-state index is 0.180. The Morgan fingerprint density at radius 2 is 1.78 bits per heavy atom. The number of carboxylic acid groups (broad SMARTS) is 1. The molecule has 1 atom stereocenters. The molecular formula is C25H22NO6-. The zero-order valence-corrected chi connectivity index (χ0v) is 18.0. The van der Waals surface area contributed by atoms with Crippen LogP contribution in [0.3, 0.4) is 0 Å². The first-order valence-electron chi connectivity index (χ1n) is 10.3. The van der Waals surface area contributed by atoms with E-state index in [0.29, 0.717) is 22.1 Å². The highest BCUT2D eigenvalue weighted by molar-refractivity contribution is 6.02. The molecule has 1 N–H and O–H groups in total. The Balaban J connectivity index is 1.77. The third-order valence-corrected chi connectivity index (χ3v) is 5.71. The van der Waals surface area contributed by atoms with Gasteiger partial charge in [0.15, 0.2) is 0 Å². The molecule has 2 aromatic carbocycles. The normalized spacial score (nSPS) is 12.2. The number of hydrogen-bond acceptors (Lipinski definition) is 6. The van der Waals surface area contributed by atoms with Crippen LogP contribution in [0.4, 0.5) is 0 Å². The van der Waals surface area contributed by atoms with E-state index < -0.39 is 23.5 Å². The minimum atomic E-state index is -1.37. The maximum Gasteiger partial charge on any atom is 0.340 e. The van der Waals surface area contributed by atoms with Gasteiger partial charge in [0.25, 0.3) is 0 Å². The summed E-state index contributed by atoms with van der Waals surface area (Å²) in [5.41, 5.74) is 4.14. The van der Waals surface area contributed by atoms with Gasteiger partial charge in [-0.25, -0.2) is 4.79 Å². The van der Waals surface area contributed by atoms with Crippen molar-refractivity contribution in [1.29, 1.82) is 0 Å². The summed E-state index contributed by atoms with van der Waals surface area (Å²) < 4.78 is 11.2. The van der Waals surface area contributed by atoms with Crippen molar-refractivity contribution in [2.45, 2.75) is 39.7 Å². The molecule has 4 aromatic rings. The van der Waals surface area contributed by atoms with Crippen molar-refractivity contribution in [3.8, 4) is 11.1 Å². The van der Waals surface area contributed by atoms with Crippen LogP contribution in [0.1, 0.15) is 30.0 Å². The van der Waals surface area contributed by atoms with E-state index in [0.717, 1.165) is 22.1 Å². The van der Waals surface area contributed by atoms with Gasteiger partial charge in [0.2, 0.25) is 5.91 Å². The number of carbonyl (C=O) groups excluding carboxylic acids is 2. The van der Waals surface area contributed by atoms with Gasteiger partial charge in [-0.15, -0.1) is 0 Å². The summed E-state index contributed by atoms with van der Waals surface area (Å²) in [6, 6.07) is 10.5. The van der Waals surface area contributed by atoms with Crippen molar-refractivity contribution in [2.75, 3.05) is 0 Å². The third kappa shape index (κ3) is 3.89. The number of furan rings is 1. The lowest BCUT2D eigenvalue weighted by Crippen LogP contribution is -2.48. The summed E-state index contributed by atoms with van der Waals surface area (Å²) in [4.78, 5) is 36.0. The van der Waals surface area contributed by atoms with Crippen LogP contribution in [0.2, 0.25) is 0 Å². The Morgan fingerprint density at radius 1 is 1.06 bits per heavy atom. The van der Waals surface area contributed by atoms with Crippen LogP contribution in [-0.2, 0) is 16.0 Å². The van der Waals surface area contributed by atoms with Gasteiger partial charge in [-0.3, -0.25) is 4.79 Å². The Morgan fingerprint density at radius 3 is 2.44 bits per heavy atom. The molecule has 0 saturated heterocycles. The zero-order valence-electron chi connectivity index (χ0n) is 18.0. The maximum absolute atomic E-state index is 12.6. The number of aliphatic carboxylic acids is 1. The monoisotopic (exact) mass is 432 g/mol. The fourth-order valence-corrected chi connectivity index (χ4v) is 3.80. The summed E-state index contributed by atoms with van der Waals surface area (Å²) in [6.45, 7) is 5.39. The molecule has 0 aliphatic carbocycles. The first-order chi connectivity index (χ1) is 15.3. The summed E-state index contributed by atoms with van der Waals surface area (Å²) in [6.07, 6.45) is 1.56. The zero-order chi connectivity index (χ0) is 23.0. The molecule has 0 aliphatic rings. The number of aryl methyl sites for hydroxylation is 2. The molecule has 0 fully saturated rings. The van der Waals surface area contributed by atoms with Gasteiger partial charge in [-0.05, 0) is 37.5 Å². The molecule has 0 spiro atoms. The van der Waals surface area contributed by atoms with Gasteiger partial charge in [0.05, 0.1) is 30.3 Å². The average molecular weight is 432 g/mol. The molecule has 7 nitrogen and oxygen atoms in total. The maximum atomic E-state index is 12.6. The van der Waals surface area contributed by atoms with Crippen LogP contribution in [0.5, 0.6) is 0 Å². The van der Waals surface area contributed by atoms with Gasteiger partial charge in [-0.1, -0.05) is 36.8 Å². The second-order valence-corrected chi connectivity index (χ2v) is 7.88. The second kappa shape index (κ2) is 8.34. The lowest BCUT2D eigenvalue weighted by atomic mass is 9.99. The summed E-state index contributed by atoms with van der Waals surface area (Å²) in [7, 11) is 0. The van der Waals surface area contributed by atoms with Gasteiger partial charge in [0, 0.05) is 22.4 Å². The number of amides is 1. The largest absolute Gasteiger partial charge is 0.548 e. The van der Waals surface area contributed by atoms with Gasteiger partial charge < -0.3 is 24.1 Å². The lowest BCUT2D eigenvalue weighted by Gasteiger charge is -2.18. The van der Waals surface area contributed by atoms with Crippen molar-refractivity contribution in [2.24, 2.45) is 0 Å². The smallest absolute Gasteiger partial charge is 0.340 e. The van der Waals surface area contributed by atoms with Crippen LogP contribution in [0.15, 0.2) is 56.3 Å². The highest BCUT2D eigenvalue weighted by Gasteiger charge is 2.19. The van der Waals surface area contributed by atoms with Crippen LogP contribution in [0, 0.1) is 13.8 Å². The van der Waals surface area contributed by atoms with E-state index in [-0.39, 0.29) is 18.4 Å². The topological polar surface area (TPSA) is 113 Å². The fraction of sp³-hybridized carbons (Fsp3) is 0.240. The molecule has 0 aliphatic heterocycles. The van der Waals surface area contributed by atoms with Gasteiger partial charge >= 0.3 is 5.63 Å². The number of benzene rings is 2. The third-order valence-electron chi connectivity index (χ3n) is 5.71. The molecule has 1 amide bonds. The Bertz CT molecular complexity index is 1390. The number of hydrogen-bond donors (Lipinski definition) is 1. The quantitative estimate of drug-likeness (QED) is 0.469. The van der Waals surface area contributed by atoms with Crippen molar-refractivity contribution in [1.82, 2.24) is 5.32 Å².